The molecule has 0 saturated carbocycles. The van der Waals surface area contributed by atoms with Gasteiger partial charge in [-0.05, 0) is 20.3 Å². The fourth-order valence-corrected chi connectivity index (χ4v) is 1.69. The van der Waals surface area contributed by atoms with Crippen molar-refractivity contribution in [2.24, 2.45) is 0 Å². The number of nitrogens with zero attached hydrogens (tertiary/aromatic N) is 2. The van der Waals surface area contributed by atoms with Gasteiger partial charge in [0.1, 0.15) is 5.82 Å². The highest BCUT2D eigenvalue weighted by Gasteiger charge is 2.07. The lowest BCUT2D eigenvalue weighted by Crippen LogP contribution is -2.23. The van der Waals surface area contributed by atoms with E-state index < -0.39 is 0 Å². The minimum atomic E-state index is -0.358. The van der Waals surface area contributed by atoms with E-state index >= 15 is 0 Å². The van der Waals surface area contributed by atoms with Gasteiger partial charge in [0.25, 0.3) is 5.56 Å². The summed E-state index contributed by atoms with van der Waals surface area (Å²) in [6.45, 7) is 5.74. The van der Waals surface area contributed by atoms with Crippen molar-refractivity contribution >= 4 is 5.97 Å². The third kappa shape index (κ3) is 3.29. The number of methoxy groups -OCH3 is 1. The van der Waals surface area contributed by atoms with E-state index in [2.05, 4.69) is 9.72 Å². The molecule has 0 aliphatic rings. The minimum absolute atomic E-state index is 0.114. The van der Waals surface area contributed by atoms with Crippen molar-refractivity contribution in [2.45, 2.75) is 33.7 Å². The molecule has 0 radical (unpaired) electrons. The molecule has 0 atom stereocenters. The van der Waals surface area contributed by atoms with Crippen molar-refractivity contribution in [3.63, 3.8) is 0 Å². The molecule has 0 spiro atoms. The Kier molecular flexibility index (Phi) is 4.83. The Hall–Kier alpha value is -1.91. The number of aryl methyl sites for hydroxylation is 2. The molecule has 0 bridgehead atoms. The molecule has 0 saturated heterocycles. The summed E-state index contributed by atoms with van der Waals surface area (Å²) in [5, 5.41) is 0. The van der Waals surface area contributed by atoms with Crippen LogP contribution in [0.4, 0.5) is 0 Å². The Balaban J connectivity index is 3.02. The molecule has 18 heavy (non-hydrogen) atoms. The second kappa shape index (κ2) is 6.14. The van der Waals surface area contributed by atoms with Gasteiger partial charge in [-0.25, -0.2) is 9.78 Å². The predicted molar refractivity (Wildman–Crippen MR) is 68.4 cm³/mol. The number of rotatable bonds is 4. The van der Waals surface area contributed by atoms with Gasteiger partial charge in [-0.3, -0.25) is 9.36 Å². The van der Waals surface area contributed by atoms with Gasteiger partial charge in [0.15, 0.2) is 0 Å². The lowest BCUT2D eigenvalue weighted by Gasteiger charge is -2.08. The van der Waals surface area contributed by atoms with Crippen LogP contribution in [0.15, 0.2) is 22.5 Å². The standard InChI is InChI=1S/C13H18N2O3/c1-5-11(13(17)18-4)6-7-15-10(3)14-9(2)8-12(15)16/h6,8H,5,7H2,1-4H3. The van der Waals surface area contributed by atoms with Crippen molar-refractivity contribution in [2.75, 3.05) is 7.11 Å². The number of hydrogen-bond donors (Lipinski definition) is 0. The number of carbonyl (C=O) groups is 1. The Bertz CT molecular complexity index is 530. The molecular formula is C13H18N2O3. The van der Waals surface area contributed by atoms with Crippen molar-refractivity contribution in [1.29, 1.82) is 0 Å². The van der Waals surface area contributed by atoms with E-state index in [9.17, 15) is 9.59 Å². The van der Waals surface area contributed by atoms with Crippen LogP contribution >= 0.6 is 0 Å². The number of allylic oxidation sites excluding steroid dienone is 1. The molecule has 0 aliphatic carbocycles. The first-order chi connectivity index (χ1) is 8.49. The highest BCUT2D eigenvalue weighted by Crippen LogP contribution is 2.04. The third-order valence-electron chi connectivity index (χ3n) is 2.68. The first kappa shape index (κ1) is 14.2. The van der Waals surface area contributed by atoms with Gasteiger partial charge in [-0.15, -0.1) is 0 Å². The second-order valence-corrected chi connectivity index (χ2v) is 3.97. The van der Waals surface area contributed by atoms with Gasteiger partial charge >= 0.3 is 5.97 Å². The quantitative estimate of drug-likeness (QED) is 0.598. The Morgan fingerprint density at radius 3 is 2.67 bits per heavy atom. The fourth-order valence-electron chi connectivity index (χ4n) is 1.69. The fraction of sp³-hybridized carbons (Fsp3) is 0.462. The van der Waals surface area contributed by atoms with Crippen molar-refractivity contribution in [3.8, 4) is 0 Å². The maximum absolute atomic E-state index is 11.8. The minimum Gasteiger partial charge on any atom is -0.466 e. The molecule has 5 heteroatoms. The summed E-state index contributed by atoms with van der Waals surface area (Å²) in [6, 6.07) is 1.48. The van der Waals surface area contributed by atoms with Crippen LogP contribution in [0.3, 0.4) is 0 Å². The van der Waals surface area contributed by atoms with E-state index in [0.717, 1.165) is 0 Å². The van der Waals surface area contributed by atoms with Gasteiger partial charge in [0.05, 0.1) is 7.11 Å². The summed E-state index contributed by atoms with van der Waals surface area (Å²) >= 11 is 0. The van der Waals surface area contributed by atoms with Crippen molar-refractivity contribution in [1.82, 2.24) is 9.55 Å². The molecule has 0 N–H and O–H groups in total. The molecule has 98 valence electrons. The molecule has 1 heterocycles. The predicted octanol–water partition coefficient (Wildman–Crippen LogP) is 1.37. The van der Waals surface area contributed by atoms with Crippen LogP contribution in [-0.4, -0.2) is 22.6 Å². The number of hydrogen-bond acceptors (Lipinski definition) is 4. The van der Waals surface area contributed by atoms with Gasteiger partial charge in [-0.1, -0.05) is 13.0 Å². The first-order valence-corrected chi connectivity index (χ1v) is 5.82. The summed E-state index contributed by atoms with van der Waals surface area (Å²) in [4.78, 5) is 27.4. The first-order valence-electron chi connectivity index (χ1n) is 5.82. The number of ether oxygens (including phenoxy) is 1. The van der Waals surface area contributed by atoms with E-state index in [1.54, 1.807) is 19.9 Å². The third-order valence-corrected chi connectivity index (χ3v) is 2.68. The highest BCUT2D eigenvalue weighted by molar-refractivity contribution is 5.88. The van der Waals surface area contributed by atoms with E-state index in [0.29, 0.717) is 30.1 Å². The molecule has 0 amide bonds. The maximum Gasteiger partial charge on any atom is 0.333 e. The molecule has 0 unspecified atom stereocenters. The number of aromatic nitrogens is 2. The van der Waals surface area contributed by atoms with E-state index in [-0.39, 0.29) is 11.5 Å². The van der Waals surface area contributed by atoms with Crippen molar-refractivity contribution in [3.05, 3.63) is 39.6 Å². The average Bonchev–Trinajstić information content (AvgIpc) is 2.31. The monoisotopic (exact) mass is 250 g/mol. The summed E-state index contributed by atoms with van der Waals surface area (Å²) < 4.78 is 6.18. The zero-order valence-corrected chi connectivity index (χ0v) is 11.2. The van der Waals surface area contributed by atoms with Crippen LogP contribution in [-0.2, 0) is 16.1 Å². The summed E-state index contributed by atoms with van der Waals surface area (Å²) in [5.74, 6) is 0.278. The largest absolute Gasteiger partial charge is 0.466 e. The zero-order chi connectivity index (χ0) is 13.7. The maximum atomic E-state index is 11.8. The molecule has 0 aliphatic heterocycles. The van der Waals surface area contributed by atoms with Crippen LogP contribution in [0.25, 0.3) is 0 Å². The van der Waals surface area contributed by atoms with Crippen LogP contribution in [0.2, 0.25) is 0 Å². The number of carbonyl (C=O) groups excluding carboxylic acids is 1. The normalized spacial score (nSPS) is 11.4. The second-order valence-electron chi connectivity index (χ2n) is 3.97. The Morgan fingerprint density at radius 1 is 1.50 bits per heavy atom. The molecule has 0 fully saturated rings. The van der Waals surface area contributed by atoms with Gasteiger partial charge < -0.3 is 4.74 Å². The van der Waals surface area contributed by atoms with Crippen LogP contribution < -0.4 is 5.56 Å². The lowest BCUT2D eigenvalue weighted by atomic mass is 10.2. The smallest absolute Gasteiger partial charge is 0.333 e. The SMILES string of the molecule is CCC(=CCn1c(C)nc(C)cc1=O)C(=O)OC. The van der Waals surface area contributed by atoms with E-state index in [1.807, 2.05) is 6.92 Å². The van der Waals surface area contributed by atoms with Crippen LogP contribution in [0, 0.1) is 13.8 Å². The van der Waals surface area contributed by atoms with E-state index in [1.165, 1.54) is 17.7 Å². The van der Waals surface area contributed by atoms with Crippen LogP contribution in [0.1, 0.15) is 24.9 Å². The zero-order valence-electron chi connectivity index (χ0n) is 11.2. The average molecular weight is 250 g/mol. The van der Waals surface area contributed by atoms with E-state index in [4.69, 9.17) is 0 Å². The van der Waals surface area contributed by atoms with Crippen LogP contribution in [0.5, 0.6) is 0 Å². The lowest BCUT2D eigenvalue weighted by molar-refractivity contribution is -0.136. The van der Waals surface area contributed by atoms with Gasteiger partial charge in [0, 0.05) is 23.9 Å². The number of esters is 1. The summed E-state index contributed by atoms with van der Waals surface area (Å²) in [5.41, 5.74) is 1.14. The topological polar surface area (TPSA) is 61.2 Å². The van der Waals surface area contributed by atoms with Gasteiger partial charge in [0.2, 0.25) is 0 Å². The summed E-state index contributed by atoms with van der Waals surface area (Å²) in [6.07, 6.45) is 2.27. The molecular weight excluding hydrogens is 232 g/mol. The summed E-state index contributed by atoms with van der Waals surface area (Å²) in [7, 11) is 1.34. The highest BCUT2D eigenvalue weighted by atomic mass is 16.5. The molecule has 1 aromatic rings. The Morgan fingerprint density at radius 2 is 2.17 bits per heavy atom. The molecule has 1 aromatic heterocycles. The molecule has 0 aromatic carbocycles. The van der Waals surface area contributed by atoms with Gasteiger partial charge in [-0.2, -0.15) is 0 Å². The van der Waals surface area contributed by atoms with Crippen molar-refractivity contribution < 1.29 is 9.53 Å². The molecule has 1 rings (SSSR count). The Labute approximate surface area is 106 Å². The molecule has 5 nitrogen and oxygen atoms in total.